The SMILES string of the molecule is CNC(c1cccc(Cl)c1)C1CCC(C)C1. The molecule has 1 aliphatic rings. The summed E-state index contributed by atoms with van der Waals surface area (Å²) in [6, 6.07) is 8.71. The average molecular weight is 238 g/mol. The van der Waals surface area contributed by atoms with Crippen molar-refractivity contribution in [2.24, 2.45) is 11.8 Å². The van der Waals surface area contributed by atoms with Crippen LogP contribution in [0.1, 0.15) is 37.8 Å². The molecular weight excluding hydrogens is 218 g/mol. The molecule has 0 heterocycles. The molecule has 2 rings (SSSR count). The molecule has 0 spiro atoms. The largest absolute Gasteiger partial charge is 0.313 e. The molecule has 16 heavy (non-hydrogen) atoms. The molecule has 1 saturated carbocycles. The number of benzene rings is 1. The van der Waals surface area contributed by atoms with E-state index in [1.54, 1.807) is 0 Å². The van der Waals surface area contributed by atoms with Crippen molar-refractivity contribution >= 4 is 11.6 Å². The van der Waals surface area contributed by atoms with Crippen LogP contribution in [0.2, 0.25) is 5.02 Å². The third kappa shape index (κ3) is 2.58. The predicted octanol–water partition coefficient (Wildman–Crippen LogP) is 4.04. The molecule has 3 atom stereocenters. The minimum absolute atomic E-state index is 0.462. The van der Waals surface area contributed by atoms with Gasteiger partial charge in [0.2, 0.25) is 0 Å². The number of rotatable bonds is 3. The summed E-state index contributed by atoms with van der Waals surface area (Å²) in [5, 5.41) is 4.29. The van der Waals surface area contributed by atoms with Crippen LogP contribution in [0.5, 0.6) is 0 Å². The van der Waals surface area contributed by atoms with Gasteiger partial charge >= 0.3 is 0 Å². The van der Waals surface area contributed by atoms with Crippen LogP contribution < -0.4 is 5.32 Å². The zero-order valence-electron chi connectivity index (χ0n) is 10.0. The van der Waals surface area contributed by atoms with E-state index in [4.69, 9.17) is 11.6 Å². The molecule has 1 nitrogen and oxygen atoms in total. The quantitative estimate of drug-likeness (QED) is 0.837. The molecule has 1 fully saturated rings. The van der Waals surface area contributed by atoms with Crippen molar-refractivity contribution in [1.82, 2.24) is 5.32 Å². The van der Waals surface area contributed by atoms with E-state index in [2.05, 4.69) is 31.4 Å². The maximum Gasteiger partial charge on any atom is 0.0409 e. The minimum Gasteiger partial charge on any atom is -0.313 e. The summed E-state index contributed by atoms with van der Waals surface area (Å²) in [6.45, 7) is 2.35. The van der Waals surface area contributed by atoms with Gasteiger partial charge in [-0.25, -0.2) is 0 Å². The van der Waals surface area contributed by atoms with Crippen molar-refractivity contribution in [1.29, 1.82) is 0 Å². The van der Waals surface area contributed by atoms with Gasteiger partial charge in [0, 0.05) is 11.1 Å². The smallest absolute Gasteiger partial charge is 0.0409 e. The Balaban J connectivity index is 2.16. The van der Waals surface area contributed by atoms with Crippen molar-refractivity contribution in [3.63, 3.8) is 0 Å². The first-order chi connectivity index (χ1) is 7.70. The number of hydrogen-bond acceptors (Lipinski definition) is 1. The van der Waals surface area contributed by atoms with Crippen molar-refractivity contribution in [3.05, 3.63) is 34.9 Å². The summed E-state index contributed by atoms with van der Waals surface area (Å²) in [6.07, 6.45) is 4.03. The summed E-state index contributed by atoms with van der Waals surface area (Å²) < 4.78 is 0. The van der Waals surface area contributed by atoms with Crippen LogP contribution in [0.3, 0.4) is 0 Å². The molecule has 0 amide bonds. The Bertz CT molecular complexity index is 350. The second kappa shape index (κ2) is 5.20. The van der Waals surface area contributed by atoms with Gasteiger partial charge in [-0.2, -0.15) is 0 Å². The summed E-state index contributed by atoms with van der Waals surface area (Å²) in [5.74, 6) is 1.64. The van der Waals surface area contributed by atoms with Crippen LogP contribution in [-0.2, 0) is 0 Å². The number of hydrogen-bond donors (Lipinski definition) is 1. The lowest BCUT2D eigenvalue weighted by Crippen LogP contribution is -2.23. The molecule has 1 aromatic carbocycles. The highest BCUT2D eigenvalue weighted by Crippen LogP contribution is 2.39. The third-order valence-corrected chi connectivity index (χ3v) is 3.96. The molecule has 0 aliphatic heterocycles. The van der Waals surface area contributed by atoms with Crippen LogP contribution in [0.25, 0.3) is 0 Å². The Morgan fingerprint density at radius 3 is 2.75 bits per heavy atom. The average Bonchev–Trinajstić information content (AvgIpc) is 2.66. The van der Waals surface area contributed by atoms with Gasteiger partial charge in [-0.15, -0.1) is 0 Å². The Morgan fingerprint density at radius 2 is 2.19 bits per heavy atom. The molecule has 3 unspecified atom stereocenters. The lowest BCUT2D eigenvalue weighted by molar-refractivity contribution is 0.379. The number of halogens is 1. The van der Waals surface area contributed by atoms with E-state index in [1.807, 2.05) is 12.1 Å². The molecule has 0 saturated heterocycles. The topological polar surface area (TPSA) is 12.0 Å². The van der Waals surface area contributed by atoms with E-state index in [0.29, 0.717) is 6.04 Å². The van der Waals surface area contributed by atoms with E-state index in [1.165, 1.54) is 24.8 Å². The molecule has 0 aromatic heterocycles. The van der Waals surface area contributed by atoms with Gasteiger partial charge in [0.1, 0.15) is 0 Å². The molecule has 0 radical (unpaired) electrons. The second-order valence-electron chi connectivity index (χ2n) is 5.00. The van der Waals surface area contributed by atoms with Gasteiger partial charge in [-0.05, 0) is 49.4 Å². The molecule has 0 bridgehead atoms. The van der Waals surface area contributed by atoms with E-state index < -0.39 is 0 Å². The lowest BCUT2D eigenvalue weighted by Gasteiger charge is -2.23. The molecular formula is C14H20ClN. The Labute approximate surface area is 103 Å². The highest BCUT2D eigenvalue weighted by Gasteiger charge is 2.28. The van der Waals surface area contributed by atoms with E-state index in [9.17, 15) is 0 Å². The molecule has 88 valence electrons. The second-order valence-corrected chi connectivity index (χ2v) is 5.44. The highest BCUT2D eigenvalue weighted by atomic mass is 35.5. The third-order valence-electron chi connectivity index (χ3n) is 3.73. The van der Waals surface area contributed by atoms with Crippen molar-refractivity contribution in [2.75, 3.05) is 7.05 Å². The van der Waals surface area contributed by atoms with Crippen LogP contribution in [0, 0.1) is 11.8 Å². The maximum absolute atomic E-state index is 6.05. The van der Waals surface area contributed by atoms with Gasteiger partial charge in [-0.1, -0.05) is 37.1 Å². The van der Waals surface area contributed by atoms with Gasteiger partial charge < -0.3 is 5.32 Å². The van der Waals surface area contributed by atoms with Crippen molar-refractivity contribution in [2.45, 2.75) is 32.2 Å². The Kier molecular flexibility index (Phi) is 3.88. The van der Waals surface area contributed by atoms with Crippen LogP contribution in [0.15, 0.2) is 24.3 Å². The summed E-state index contributed by atoms with van der Waals surface area (Å²) >= 11 is 6.05. The first kappa shape index (κ1) is 11.9. The van der Waals surface area contributed by atoms with Crippen LogP contribution in [-0.4, -0.2) is 7.05 Å². The first-order valence-electron chi connectivity index (χ1n) is 6.13. The summed E-state index contributed by atoms with van der Waals surface area (Å²) in [7, 11) is 2.05. The summed E-state index contributed by atoms with van der Waals surface area (Å²) in [5.41, 5.74) is 1.33. The van der Waals surface area contributed by atoms with E-state index in [0.717, 1.165) is 16.9 Å². The number of nitrogens with one attached hydrogen (secondary N) is 1. The van der Waals surface area contributed by atoms with Gasteiger partial charge in [0.05, 0.1) is 0 Å². The fourth-order valence-corrected chi connectivity index (χ4v) is 3.13. The van der Waals surface area contributed by atoms with Crippen molar-refractivity contribution < 1.29 is 0 Å². The molecule has 1 aromatic rings. The van der Waals surface area contributed by atoms with Crippen molar-refractivity contribution in [3.8, 4) is 0 Å². The summed E-state index contributed by atoms with van der Waals surface area (Å²) in [4.78, 5) is 0. The van der Waals surface area contributed by atoms with Gasteiger partial charge in [-0.3, -0.25) is 0 Å². The zero-order valence-corrected chi connectivity index (χ0v) is 10.8. The molecule has 1 aliphatic carbocycles. The van der Waals surface area contributed by atoms with Gasteiger partial charge in [0.25, 0.3) is 0 Å². The highest BCUT2D eigenvalue weighted by molar-refractivity contribution is 6.30. The van der Waals surface area contributed by atoms with E-state index in [-0.39, 0.29) is 0 Å². The van der Waals surface area contributed by atoms with E-state index >= 15 is 0 Å². The zero-order chi connectivity index (χ0) is 11.5. The fraction of sp³-hybridized carbons (Fsp3) is 0.571. The van der Waals surface area contributed by atoms with Crippen LogP contribution in [0.4, 0.5) is 0 Å². The molecule has 1 N–H and O–H groups in total. The maximum atomic E-state index is 6.05. The fourth-order valence-electron chi connectivity index (χ4n) is 2.93. The van der Waals surface area contributed by atoms with Gasteiger partial charge in [0.15, 0.2) is 0 Å². The predicted molar refractivity (Wildman–Crippen MR) is 69.8 cm³/mol. The normalized spacial score (nSPS) is 26.9. The standard InChI is InChI=1S/C14H20ClN/c1-10-6-7-12(8-10)14(16-2)11-4-3-5-13(15)9-11/h3-5,9-10,12,14,16H,6-8H2,1-2H3. The Morgan fingerprint density at radius 1 is 1.38 bits per heavy atom. The molecule has 2 heteroatoms. The van der Waals surface area contributed by atoms with Crippen LogP contribution >= 0.6 is 11.6 Å². The monoisotopic (exact) mass is 237 g/mol. The minimum atomic E-state index is 0.462. The lowest BCUT2D eigenvalue weighted by atomic mass is 9.91. The Hall–Kier alpha value is -0.530. The first-order valence-corrected chi connectivity index (χ1v) is 6.51.